The number of carbonyl (C=O) groups excluding carboxylic acids is 3. The zero-order valence-electron chi connectivity index (χ0n) is 18.1. The zero-order valence-corrected chi connectivity index (χ0v) is 18.8. The molecule has 5 rings (SSSR count). The molecule has 9 nitrogen and oxygen atoms in total. The molecule has 0 bridgehead atoms. The molecule has 3 heterocycles. The van der Waals surface area contributed by atoms with E-state index in [0.29, 0.717) is 22.1 Å². The maximum absolute atomic E-state index is 13.7. The number of imide groups is 1. The van der Waals surface area contributed by atoms with Crippen LogP contribution in [0.1, 0.15) is 34.5 Å². The first-order chi connectivity index (χ1) is 16.5. The summed E-state index contributed by atoms with van der Waals surface area (Å²) in [7, 11) is 0. The Hall–Kier alpha value is -3.98. The highest BCUT2D eigenvalue weighted by Gasteiger charge is 2.54. The highest BCUT2D eigenvalue weighted by Crippen LogP contribution is 2.35. The summed E-state index contributed by atoms with van der Waals surface area (Å²) in [5, 5.41) is 3.47. The summed E-state index contributed by atoms with van der Waals surface area (Å²) in [6, 6.07) is 17.0. The largest absolute Gasteiger partial charge is 0.344 e. The Morgan fingerprint density at radius 3 is 2.15 bits per heavy atom. The van der Waals surface area contributed by atoms with Crippen LogP contribution in [0, 0.1) is 0 Å². The molecule has 2 aliphatic rings. The SMILES string of the molecule is O=C(NN1C(=O)NC(c2ccccc2)(c2ccccc2)C1=O)c1nc(N2CCCC2)ncc1Cl. The molecule has 34 heavy (non-hydrogen) atoms. The van der Waals surface area contributed by atoms with Crippen molar-refractivity contribution in [3.8, 4) is 0 Å². The molecule has 2 aliphatic heterocycles. The number of nitrogens with one attached hydrogen (secondary N) is 2. The van der Waals surface area contributed by atoms with Gasteiger partial charge in [-0.15, -0.1) is 0 Å². The van der Waals surface area contributed by atoms with Crippen LogP contribution in [-0.2, 0) is 10.3 Å². The number of nitrogens with zero attached hydrogens (tertiary/aromatic N) is 4. The first kappa shape index (κ1) is 21.8. The lowest BCUT2D eigenvalue weighted by Crippen LogP contribution is -2.49. The average molecular weight is 477 g/mol. The minimum Gasteiger partial charge on any atom is -0.341 e. The van der Waals surface area contributed by atoms with E-state index in [2.05, 4.69) is 20.7 Å². The van der Waals surface area contributed by atoms with Gasteiger partial charge in [-0.3, -0.25) is 15.0 Å². The van der Waals surface area contributed by atoms with Crippen LogP contribution in [0.25, 0.3) is 0 Å². The topological polar surface area (TPSA) is 108 Å². The maximum atomic E-state index is 13.7. The van der Waals surface area contributed by atoms with Crippen LogP contribution in [0.15, 0.2) is 66.9 Å². The van der Waals surface area contributed by atoms with Gasteiger partial charge in [0.25, 0.3) is 11.8 Å². The predicted molar refractivity (Wildman–Crippen MR) is 125 cm³/mol. The molecule has 0 atom stereocenters. The van der Waals surface area contributed by atoms with E-state index in [4.69, 9.17) is 11.6 Å². The van der Waals surface area contributed by atoms with Crippen LogP contribution in [0.5, 0.6) is 0 Å². The molecule has 2 saturated heterocycles. The Labute approximate surface area is 200 Å². The predicted octanol–water partition coefficient (Wildman–Crippen LogP) is 2.87. The Balaban J connectivity index is 1.48. The monoisotopic (exact) mass is 476 g/mol. The van der Waals surface area contributed by atoms with Crippen LogP contribution < -0.4 is 15.6 Å². The van der Waals surface area contributed by atoms with Gasteiger partial charge in [-0.1, -0.05) is 72.3 Å². The number of hydrogen-bond donors (Lipinski definition) is 2. The number of benzene rings is 2. The summed E-state index contributed by atoms with van der Waals surface area (Å²) in [6.07, 6.45) is 3.37. The summed E-state index contributed by atoms with van der Waals surface area (Å²) in [6.45, 7) is 1.57. The van der Waals surface area contributed by atoms with Gasteiger partial charge in [-0.2, -0.15) is 5.01 Å². The van der Waals surface area contributed by atoms with Gasteiger partial charge in [-0.05, 0) is 24.0 Å². The van der Waals surface area contributed by atoms with E-state index in [1.54, 1.807) is 48.5 Å². The van der Waals surface area contributed by atoms with Gasteiger partial charge in [0, 0.05) is 13.1 Å². The van der Waals surface area contributed by atoms with Crippen molar-refractivity contribution < 1.29 is 14.4 Å². The highest BCUT2D eigenvalue weighted by molar-refractivity contribution is 6.33. The quantitative estimate of drug-likeness (QED) is 0.548. The second-order valence-electron chi connectivity index (χ2n) is 8.05. The minimum absolute atomic E-state index is 0.0184. The molecular formula is C24H21ClN6O3. The molecule has 10 heteroatoms. The van der Waals surface area contributed by atoms with Crippen LogP contribution in [0.2, 0.25) is 5.02 Å². The summed E-state index contributed by atoms with van der Waals surface area (Å²) < 4.78 is 0. The van der Waals surface area contributed by atoms with E-state index in [0.717, 1.165) is 25.9 Å². The highest BCUT2D eigenvalue weighted by atomic mass is 35.5. The number of carbonyl (C=O) groups is 3. The fourth-order valence-electron chi connectivity index (χ4n) is 4.31. The molecule has 2 aromatic carbocycles. The first-order valence-electron chi connectivity index (χ1n) is 10.9. The van der Waals surface area contributed by atoms with Gasteiger partial charge < -0.3 is 10.2 Å². The third-order valence-corrected chi connectivity index (χ3v) is 6.26. The fourth-order valence-corrected chi connectivity index (χ4v) is 4.48. The molecule has 0 aliphatic carbocycles. The van der Waals surface area contributed by atoms with Crippen molar-refractivity contribution in [1.29, 1.82) is 0 Å². The van der Waals surface area contributed by atoms with Gasteiger partial charge in [0.1, 0.15) is 0 Å². The number of amides is 4. The minimum atomic E-state index is -1.50. The third kappa shape index (κ3) is 3.63. The lowest BCUT2D eigenvalue weighted by atomic mass is 9.83. The third-order valence-electron chi connectivity index (χ3n) is 5.98. The van der Waals surface area contributed by atoms with Gasteiger partial charge in [0.05, 0.1) is 11.2 Å². The normalized spacial score (nSPS) is 17.1. The Morgan fingerprint density at radius 2 is 1.56 bits per heavy atom. The van der Waals surface area contributed by atoms with Crippen LogP contribution in [0.3, 0.4) is 0 Å². The van der Waals surface area contributed by atoms with Crippen molar-refractivity contribution in [2.45, 2.75) is 18.4 Å². The van der Waals surface area contributed by atoms with Gasteiger partial charge in [0.2, 0.25) is 5.95 Å². The number of urea groups is 1. The molecule has 0 unspecified atom stereocenters. The van der Waals surface area contributed by atoms with Gasteiger partial charge >= 0.3 is 6.03 Å². The van der Waals surface area contributed by atoms with Crippen LogP contribution >= 0.6 is 11.6 Å². The standard InChI is InChI=1S/C24H21ClN6O3/c25-18-15-26-22(30-13-7-8-14-30)27-19(18)20(32)29-31-21(33)24(28-23(31)34,16-9-3-1-4-10-16)17-11-5-2-6-12-17/h1-6,9-12,15H,7-8,13-14H2,(H,28,34)(H,29,32). The average Bonchev–Trinajstić information content (AvgIpc) is 3.49. The number of halogens is 1. The Bertz CT molecular complexity index is 1210. The molecule has 0 saturated carbocycles. The molecule has 0 spiro atoms. The number of hydrazine groups is 1. The van der Waals surface area contributed by atoms with Crippen molar-refractivity contribution in [1.82, 2.24) is 25.7 Å². The molecule has 172 valence electrons. The number of aromatic nitrogens is 2. The van der Waals surface area contributed by atoms with E-state index in [1.165, 1.54) is 6.20 Å². The van der Waals surface area contributed by atoms with Gasteiger partial charge in [0.15, 0.2) is 11.2 Å². The van der Waals surface area contributed by atoms with Crippen molar-refractivity contribution in [3.05, 3.63) is 88.7 Å². The van der Waals surface area contributed by atoms with E-state index in [1.807, 2.05) is 17.0 Å². The number of rotatable bonds is 5. The maximum Gasteiger partial charge on any atom is 0.344 e. The van der Waals surface area contributed by atoms with E-state index in [-0.39, 0.29) is 10.7 Å². The summed E-state index contributed by atoms with van der Waals surface area (Å²) in [4.78, 5) is 50.3. The summed E-state index contributed by atoms with van der Waals surface area (Å²) in [5.41, 5.74) is 1.90. The van der Waals surface area contributed by atoms with Crippen molar-refractivity contribution >= 4 is 35.4 Å². The Morgan fingerprint density at radius 1 is 0.971 bits per heavy atom. The summed E-state index contributed by atoms with van der Waals surface area (Å²) in [5.74, 6) is -1.05. The second-order valence-corrected chi connectivity index (χ2v) is 8.46. The molecular weight excluding hydrogens is 456 g/mol. The molecule has 2 N–H and O–H groups in total. The number of anilines is 1. The lowest BCUT2D eigenvalue weighted by Gasteiger charge is -2.27. The van der Waals surface area contributed by atoms with Gasteiger partial charge in [-0.25, -0.2) is 14.8 Å². The number of hydrogen-bond acceptors (Lipinski definition) is 6. The Kier molecular flexibility index (Phi) is 5.62. The molecule has 3 aromatic rings. The fraction of sp³-hybridized carbons (Fsp3) is 0.208. The lowest BCUT2D eigenvalue weighted by molar-refractivity contribution is -0.131. The van der Waals surface area contributed by atoms with E-state index >= 15 is 0 Å². The molecule has 4 amide bonds. The molecule has 1 aromatic heterocycles. The summed E-state index contributed by atoms with van der Waals surface area (Å²) >= 11 is 6.20. The van der Waals surface area contributed by atoms with E-state index in [9.17, 15) is 14.4 Å². The zero-order chi connectivity index (χ0) is 23.7. The van der Waals surface area contributed by atoms with Crippen LogP contribution in [-0.4, -0.2) is 45.9 Å². The molecule has 0 radical (unpaired) electrons. The van der Waals surface area contributed by atoms with Crippen molar-refractivity contribution in [2.24, 2.45) is 0 Å². The first-order valence-corrected chi connectivity index (χ1v) is 11.2. The van der Waals surface area contributed by atoms with Crippen LogP contribution in [0.4, 0.5) is 10.7 Å². The molecule has 2 fully saturated rings. The smallest absolute Gasteiger partial charge is 0.341 e. The van der Waals surface area contributed by atoms with E-state index < -0.39 is 23.4 Å². The van der Waals surface area contributed by atoms with Crippen molar-refractivity contribution in [2.75, 3.05) is 18.0 Å². The van der Waals surface area contributed by atoms with Crippen molar-refractivity contribution in [3.63, 3.8) is 0 Å². The second kappa shape index (κ2) is 8.75.